The van der Waals surface area contributed by atoms with Crippen LogP contribution in [0.4, 0.5) is 18.0 Å². The molecule has 7 rings (SSSR count). The Morgan fingerprint density at radius 1 is 1.15 bits per heavy atom. The van der Waals surface area contributed by atoms with Gasteiger partial charge in [-0.2, -0.15) is 18.3 Å². The molecular weight excluding hydrogens is 743 g/mol. The highest BCUT2D eigenvalue weighted by molar-refractivity contribution is 7.91. The predicted molar refractivity (Wildman–Crippen MR) is 185 cm³/mol. The number of allylic oxidation sites excluding steroid dienone is 1. The molecule has 2 aliphatic heterocycles. The quantitative estimate of drug-likeness (QED) is 0.335. The lowest BCUT2D eigenvalue weighted by molar-refractivity contribution is -0.141. The van der Waals surface area contributed by atoms with Crippen LogP contribution in [0.2, 0.25) is 5.02 Å². The van der Waals surface area contributed by atoms with Crippen LogP contribution in [0, 0.1) is 5.92 Å². The smallest absolute Gasteiger partial charge is 0.435 e. The van der Waals surface area contributed by atoms with Crippen LogP contribution in [0.5, 0.6) is 11.5 Å². The minimum atomic E-state index is -4.70. The summed E-state index contributed by atoms with van der Waals surface area (Å²) in [6.07, 6.45) is 2.50. The second-order valence-corrected chi connectivity index (χ2v) is 16.2. The molecule has 2 N–H and O–H groups in total. The Labute approximate surface area is 307 Å². The number of nitrogens with one attached hydrogen (secondary N) is 2. The van der Waals surface area contributed by atoms with E-state index in [0.29, 0.717) is 37.6 Å². The number of rotatable bonds is 7. The van der Waals surface area contributed by atoms with Gasteiger partial charge >= 0.3 is 12.2 Å². The number of pyridine rings is 1. The largest absolute Gasteiger partial charge is 0.495 e. The zero-order chi connectivity index (χ0) is 37.9. The van der Waals surface area contributed by atoms with E-state index in [1.165, 1.54) is 23.0 Å². The van der Waals surface area contributed by atoms with E-state index in [0.717, 1.165) is 23.4 Å². The summed E-state index contributed by atoms with van der Waals surface area (Å²) in [5.74, 6) is -1.30. The van der Waals surface area contributed by atoms with Crippen LogP contribution < -0.4 is 19.5 Å². The average Bonchev–Trinajstić information content (AvgIpc) is 3.98. The van der Waals surface area contributed by atoms with E-state index in [2.05, 4.69) is 20.1 Å². The van der Waals surface area contributed by atoms with Crippen LogP contribution in [-0.4, -0.2) is 101 Å². The third-order valence-electron chi connectivity index (χ3n) is 10.1. The van der Waals surface area contributed by atoms with Crippen LogP contribution in [-0.2, 0) is 25.8 Å². The van der Waals surface area contributed by atoms with E-state index in [1.54, 1.807) is 19.2 Å². The van der Waals surface area contributed by atoms with Crippen molar-refractivity contribution in [1.82, 2.24) is 34.6 Å². The number of hydrogen-bond acceptors (Lipinski definition) is 9. The number of ether oxygens (including phenoxy) is 2. The molecule has 3 aromatic rings. The molecule has 4 amide bonds. The van der Waals surface area contributed by atoms with Crippen molar-refractivity contribution in [1.29, 1.82) is 0 Å². The number of methoxy groups -OCH3 is 1. The average molecular weight is 780 g/mol. The van der Waals surface area contributed by atoms with Crippen molar-refractivity contribution in [3.63, 3.8) is 0 Å². The van der Waals surface area contributed by atoms with Gasteiger partial charge in [0.15, 0.2) is 11.5 Å². The molecule has 53 heavy (non-hydrogen) atoms. The van der Waals surface area contributed by atoms with E-state index in [4.69, 9.17) is 21.1 Å². The van der Waals surface area contributed by atoms with E-state index in [1.807, 2.05) is 12.2 Å². The number of alkyl halides is 3. The second-order valence-electron chi connectivity index (χ2n) is 13.8. The third kappa shape index (κ3) is 7.22. The Hall–Kier alpha value is -4.58. The van der Waals surface area contributed by atoms with E-state index in [9.17, 15) is 36.0 Å². The van der Waals surface area contributed by atoms with Gasteiger partial charge in [0.25, 0.3) is 5.91 Å². The molecule has 284 valence electrons. The highest BCUT2D eigenvalue weighted by Crippen LogP contribution is 2.46. The van der Waals surface area contributed by atoms with Crippen molar-refractivity contribution in [3.8, 4) is 17.3 Å². The monoisotopic (exact) mass is 779 g/mol. The Balaban J connectivity index is 1.21. The maximum absolute atomic E-state index is 14.1. The minimum Gasteiger partial charge on any atom is -0.495 e. The summed E-state index contributed by atoms with van der Waals surface area (Å²) in [5.41, 5.74) is -2.53. The molecule has 0 unspecified atom stereocenters. The molecule has 0 bridgehead atoms. The summed E-state index contributed by atoms with van der Waals surface area (Å²) in [5, 5.41) is 6.21. The SMILES string of the molecule is COc1ccc2c(O[C@H]3C[C@H]4C(=O)N(C)CCCCC=C[C@@H]5C[C@@]5(C(=O)NS(=O)(=O)C5CC5)NC(=O)N4C3)cc(-n3ccc(C(F)(F)F)n3)nc2c1Cl. The van der Waals surface area contributed by atoms with Crippen molar-refractivity contribution in [2.24, 2.45) is 5.92 Å². The first-order valence-electron chi connectivity index (χ1n) is 17.1. The first kappa shape index (κ1) is 36.8. The maximum atomic E-state index is 14.1. The fourth-order valence-corrected chi connectivity index (χ4v) is 8.50. The molecule has 0 spiro atoms. The molecule has 4 aliphatic rings. The van der Waals surface area contributed by atoms with Gasteiger partial charge in [-0.25, -0.2) is 22.9 Å². The van der Waals surface area contributed by atoms with Crippen LogP contribution in [0.25, 0.3) is 16.7 Å². The molecule has 1 saturated heterocycles. The Kier molecular flexibility index (Phi) is 9.49. The number of nitrogens with zero attached hydrogens (tertiary/aromatic N) is 5. The molecule has 4 atom stereocenters. The van der Waals surface area contributed by atoms with Crippen molar-refractivity contribution >= 4 is 50.4 Å². The van der Waals surface area contributed by atoms with Crippen molar-refractivity contribution in [2.45, 2.75) is 74.1 Å². The van der Waals surface area contributed by atoms with Gasteiger partial charge in [0, 0.05) is 43.6 Å². The first-order valence-corrected chi connectivity index (χ1v) is 19.1. The summed E-state index contributed by atoms with van der Waals surface area (Å²) in [6.45, 7) is 0.305. The number of fused-ring (bicyclic) bond motifs is 3. The minimum absolute atomic E-state index is 0.0260. The standard InChI is InChI=1S/C34H37ClF3N7O7S/c1-43-13-6-4-3-5-7-19-17-33(19,31(47)42-53(49,50)21-8-9-21)40-32(48)44-18-20(15-23(44)30(43)46)52-25-16-27(45-14-12-26(41-45)34(36,37)38)39-29-22(25)10-11-24(51-2)28(29)35/h5,7,10-12,14,16,19-21,23H,3-4,6,8-9,13,15,17-18H2,1-2H3,(H,40,48)(H,42,47)/t19-,20+,23+,33-/m1/s1. The van der Waals surface area contributed by atoms with Gasteiger partial charge < -0.3 is 24.6 Å². The van der Waals surface area contributed by atoms with E-state index >= 15 is 0 Å². The molecule has 2 aliphatic carbocycles. The summed E-state index contributed by atoms with van der Waals surface area (Å²) in [4.78, 5) is 48.9. The van der Waals surface area contributed by atoms with Crippen molar-refractivity contribution in [3.05, 3.63) is 53.3 Å². The zero-order valence-electron chi connectivity index (χ0n) is 28.7. The van der Waals surface area contributed by atoms with Crippen molar-refractivity contribution < 1.29 is 45.4 Å². The highest BCUT2D eigenvalue weighted by Gasteiger charge is 2.62. The van der Waals surface area contributed by atoms with Crippen LogP contribution in [0.1, 0.15) is 50.6 Å². The van der Waals surface area contributed by atoms with Crippen LogP contribution in [0.15, 0.2) is 42.6 Å². The lowest BCUT2D eigenvalue weighted by Crippen LogP contribution is -2.57. The lowest BCUT2D eigenvalue weighted by atomic mass is 10.1. The van der Waals surface area contributed by atoms with Crippen molar-refractivity contribution in [2.75, 3.05) is 27.2 Å². The zero-order valence-corrected chi connectivity index (χ0v) is 30.3. The van der Waals surface area contributed by atoms with Crippen LogP contribution >= 0.6 is 11.6 Å². The fourth-order valence-electron chi connectivity index (χ4n) is 6.85. The maximum Gasteiger partial charge on any atom is 0.435 e. The Morgan fingerprint density at radius 3 is 2.62 bits per heavy atom. The number of amides is 4. The third-order valence-corrected chi connectivity index (χ3v) is 12.3. The Bertz CT molecular complexity index is 2110. The number of hydrogen-bond donors (Lipinski definition) is 2. The van der Waals surface area contributed by atoms with Gasteiger partial charge in [0.1, 0.15) is 34.2 Å². The van der Waals surface area contributed by atoms with Gasteiger partial charge in [-0.15, -0.1) is 0 Å². The molecule has 2 aromatic heterocycles. The topological polar surface area (TPSA) is 165 Å². The molecule has 0 radical (unpaired) electrons. The predicted octanol–water partition coefficient (Wildman–Crippen LogP) is 4.20. The molecule has 1 aromatic carbocycles. The molecule has 19 heteroatoms. The molecule has 14 nitrogen and oxygen atoms in total. The summed E-state index contributed by atoms with van der Waals surface area (Å²) >= 11 is 6.62. The number of aromatic nitrogens is 3. The number of carbonyl (C=O) groups excluding carboxylic acids is 3. The molecule has 4 heterocycles. The number of sulfonamides is 1. The van der Waals surface area contributed by atoms with Gasteiger partial charge in [0.2, 0.25) is 15.9 Å². The number of urea groups is 1. The second kappa shape index (κ2) is 13.7. The van der Waals surface area contributed by atoms with Crippen LogP contribution in [0.3, 0.4) is 0 Å². The van der Waals surface area contributed by atoms with Gasteiger partial charge in [-0.1, -0.05) is 23.8 Å². The molecule has 2 saturated carbocycles. The number of likely N-dealkylation sites (N-methyl/N-ethyl adjacent to an activating group) is 1. The molecular formula is C34H37ClF3N7O7S. The number of carbonyl (C=O) groups is 3. The normalized spacial score (nSPS) is 25.4. The summed E-state index contributed by atoms with van der Waals surface area (Å²) < 4.78 is 80.6. The summed E-state index contributed by atoms with van der Waals surface area (Å²) in [6, 6.07) is 3.61. The number of halogens is 4. The van der Waals surface area contributed by atoms with Gasteiger partial charge in [-0.05, 0) is 56.7 Å². The van der Waals surface area contributed by atoms with Gasteiger partial charge in [0.05, 0.1) is 24.4 Å². The lowest BCUT2D eigenvalue weighted by Gasteiger charge is -2.30. The summed E-state index contributed by atoms with van der Waals surface area (Å²) in [7, 11) is -0.875. The molecule has 3 fully saturated rings. The van der Waals surface area contributed by atoms with E-state index in [-0.39, 0.29) is 53.1 Å². The highest BCUT2D eigenvalue weighted by atomic mass is 35.5. The Morgan fingerprint density at radius 2 is 1.92 bits per heavy atom. The fraction of sp³-hybridized carbons (Fsp3) is 0.500. The number of benzene rings is 1. The van der Waals surface area contributed by atoms with E-state index < -0.39 is 62.7 Å². The first-order chi connectivity index (χ1) is 25.1. The van der Waals surface area contributed by atoms with Gasteiger partial charge in [-0.3, -0.25) is 14.3 Å².